The lowest BCUT2D eigenvalue weighted by atomic mass is 9.87. The van der Waals surface area contributed by atoms with E-state index in [1.807, 2.05) is 66.7 Å². The highest BCUT2D eigenvalue weighted by Gasteiger charge is 2.44. The van der Waals surface area contributed by atoms with Crippen molar-refractivity contribution in [3.05, 3.63) is 95.6 Å². The van der Waals surface area contributed by atoms with Crippen molar-refractivity contribution in [3.8, 4) is 11.1 Å². The number of alkyl carbamates (subject to hydrolysis) is 1. The quantitative estimate of drug-likeness (QED) is 0.341. The number of hydrogen-bond donors (Lipinski definition) is 3. The first-order valence-electron chi connectivity index (χ1n) is 14.3. The molecule has 9 heteroatoms. The van der Waals surface area contributed by atoms with Gasteiger partial charge in [0.15, 0.2) is 0 Å². The molecule has 0 unspecified atom stereocenters. The summed E-state index contributed by atoms with van der Waals surface area (Å²) in [7, 11) is 3.57. The third-order valence-corrected chi connectivity index (χ3v) is 8.23. The second-order valence-corrected chi connectivity index (χ2v) is 11.4. The fraction of sp³-hybridized carbons (Fsp3) is 0.364. The second-order valence-electron chi connectivity index (χ2n) is 11.4. The monoisotopic (exact) mass is 570 g/mol. The van der Waals surface area contributed by atoms with Crippen LogP contribution in [0.25, 0.3) is 11.1 Å². The first-order chi connectivity index (χ1) is 20.3. The van der Waals surface area contributed by atoms with Gasteiger partial charge in [0.1, 0.15) is 18.2 Å². The highest BCUT2D eigenvalue weighted by molar-refractivity contribution is 5.91. The van der Waals surface area contributed by atoms with Crippen molar-refractivity contribution in [2.45, 2.75) is 36.9 Å². The maximum atomic E-state index is 13.5. The zero-order chi connectivity index (χ0) is 29.7. The number of likely N-dealkylation sites (N-methyl/N-ethyl adjacent to an activating group) is 1. The Morgan fingerprint density at radius 3 is 2.07 bits per heavy atom. The summed E-state index contributed by atoms with van der Waals surface area (Å²) in [5, 5.41) is 15.6. The average Bonchev–Trinajstić information content (AvgIpc) is 3.30. The Labute approximate surface area is 246 Å². The number of carboxylic acid groups (broad SMARTS) is 1. The molecule has 1 saturated heterocycles. The van der Waals surface area contributed by atoms with E-state index in [-0.39, 0.29) is 31.9 Å². The standard InChI is InChI=1S/C33H38N4O5/c1-36(2)21-29(30(38)35-33(31(39)40)16-18-37(19-17-33)20-23-10-4-3-5-11-23)34-32(41)42-22-28-26-14-8-6-12-24(26)25-13-7-9-15-27(25)28/h3-15,28-29H,16-22H2,1-2H3,(H,34,41)(H,35,38)(H,39,40)/t29-/m0/s1. The number of nitrogens with one attached hydrogen (secondary N) is 2. The van der Waals surface area contributed by atoms with Gasteiger partial charge in [0.25, 0.3) is 0 Å². The van der Waals surface area contributed by atoms with E-state index in [2.05, 4.69) is 27.7 Å². The minimum absolute atomic E-state index is 0.111. The van der Waals surface area contributed by atoms with E-state index >= 15 is 0 Å². The Bertz CT molecular complexity index is 1370. The van der Waals surface area contributed by atoms with E-state index < -0.39 is 29.6 Å². The summed E-state index contributed by atoms with van der Waals surface area (Å²) in [6.07, 6.45) is -0.193. The molecule has 0 saturated carbocycles. The van der Waals surface area contributed by atoms with Gasteiger partial charge in [-0.15, -0.1) is 0 Å². The molecule has 3 N–H and O–H groups in total. The summed E-state index contributed by atoms with van der Waals surface area (Å²) in [5.74, 6) is -1.73. The fourth-order valence-corrected chi connectivity index (χ4v) is 5.99. The molecule has 0 bridgehead atoms. The lowest BCUT2D eigenvalue weighted by Crippen LogP contribution is -2.64. The number of likely N-dealkylation sites (tertiary alicyclic amines) is 1. The van der Waals surface area contributed by atoms with Gasteiger partial charge in [-0.25, -0.2) is 9.59 Å². The number of ether oxygens (including phenoxy) is 1. The molecule has 3 aromatic carbocycles. The molecule has 1 atom stereocenters. The number of carbonyl (C=O) groups is 3. The van der Waals surface area contributed by atoms with Crippen molar-refractivity contribution in [1.82, 2.24) is 20.4 Å². The summed E-state index contributed by atoms with van der Waals surface area (Å²) in [6.45, 7) is 2.08. The van der Waals surface area contributed by atoms with Crippen LogP contribution in [0.15, 0.2) is 78.9 Å². The van der Waals surface area contributed by atoms with Crippen molar-refractivity contribution in [2.24, 2.45) is 0 Å². The van der Waals surface area contributed by atoms with E-state index in [0.29, 0.717) is 13.1 Å². The molecule has 5 rings (SSSR count). The van der Waals surface area contributed by atoms with E-state index in [4.69, 9.17) is 4.74 Å². The molecule has 1 heterocycles. The first-order valence-corrected chi connectivity index (χ1v) is 14.3. The zero-order valence-corrected chi connectivity index (χ0v) is 24.1. The lowest BCUT2D eigenvalue weighted by molar-refractivity contribution is -0.150. The molecule has 1 aliphatic heterocycles. The van der Waals surface area contributed by atoms with Crippen molar-refractivity contribution in [2.75, 3.05) is 40.3 Å². The minimum Gasteiger partial charge on any atom is -0.480 e. The van der Waals surface area contributed by atoms with Crippen LogP contribution in [0.2, 0.25) is 0 Å². The Hall–Kier alpha value is -4.21. The van der Waals surface area contributed by atoms with Crippen molar-refractivity contribution >= 4 is 18.0 Å². The van der Waals surface area contributed by atoms with Crippen LogP contribution < -0.4 is 10.6 Å². The number of nitrogens with zero attached hydrogens (tertiary/aromatic N) is 2. The fourth-order valence-electron chi connectivity index (χ4n) is 5.99. The smallest absolute Gasteiger partial charge is 0.407 e. The third-order valence-electron chi connectivity index (χ3n) is 8.23. The molecule has 3 aromatic rings. The van der Waals surface area contributed by atoms with Gasteiger partial charge in [-0.1, -0.05) is 78.9 Å². The van der Waals surface area contributed by atoms with Crippen LogP contribution in [0.4, 0.5) is 4.79 Å². The van der Waals surface area contributed by atoms with E-state index in [1.165, 1.54) is 0 Å². The number of hydrogen-bond acceptors (Lipinski definition) is 6. The number of aliphatic carboxylic acids is 1. The summed E-state index contributed by atoms with van der Waals surface area (Å²) in [5.41, 5.74) is 4.19. The second kappa shape index (κ2) is 12.8. The topological polar surface area (TPSA) is 111 Å². The van der Waals surface area contributed by atoms with E-state index in [9.17, 15) is 19.5 Å². The van der Waals surface area contributed by atoms with Crippen molar-refractivity contribution in [3.63, 3.8) is 0 Å². The summed E-state index contributed by atoms with van der Waals surface area (Å²) in [4.78, 5) is 42.9. The number of benzene rings is 3. The Kier molecular flexibility index (Phi) is 8.89. The van der Waals surface area contributed by atoms with E-state index in [1.54, 1.807) is 19.0 Å². The maximum Gasteiger partial charge on any atom is 0.407 e. The number of rotatable bonds is 10. The van der Waals surface area contributed by atoms with Crippen LogP contribution in [-0.4, -0.2) is 84.8 Å². The van der Waals surface area contributed by atoms with E-state index in [0.717, 1.165) is 34.4 Å². The number of carboxylic acids is 1. The van der Waals surface area contributed by atoms with Gasteiger partial charge < -0.3 is 25.4 Å². The normalized spacial score (nSPS) is 16.7. The van der Waals surface area contributed by atoms with Gasteiger partial charge in [-0.2, -0.15) is 0 Å². The average molecular weight is 571 g/mol. The SMILES string of the molecule is CN(C)C[C@H](NC(=O)OCC1c2ccccc2-c2ccccc21)C(=O)NC1(C(=O)O)CCN(Cc2ccccc2)CC1. The number of amides is 2. The van der Waals surface area contributed by atoms with Gasteiger partial charge in [0, 0.05) is 32.1 Å². The van der Waals surface area contributed by atoms with Gasteiger partial charge in [-0.3, -0.25) is 9.69 Å². The van der Waals surface area contributed by atoms with Crippen LogP contribution in [0.5, 0.6) is 0 Å². The zero-order valence-electron chi connectivity index (χ0n) is 24.1. The van der Waals surface area contributed by atoms with Gasteiger partial charge in [0.05, 0.1) is 0 Å². The Morgan fingerprint density at radius 2 is 1.50 bits per heavy atom. The molecule has 0 spiro atoms. The number of piperidine rings is 1. The van der Waals surface area contributed by atoms with Gasteiger partial charge in [-0.05, 0) is 54.8 Å². The predicted octanol–water partition coefficient (Wildman–Crippen LogP) is 3.69. The third kappa shape index (κ3) is 6.48. The maximum absolute atomic E-state index is 13.5. The molecule has 1 fully saturated rings. The highest BCUT2D eigenvalue weighted by atomic mass is 16.5. The molecule has 2 aliphatic rings. The number of carbonyl (C=O) groups excluding carboxylic acids is 2. The molecule has 2 amide bonds. The predicted molar refractivity (Wildman–Crippen MR) is 160 cm³/mol. The van der Waals surface area contributed by atoms with Gasteiger partial charge >= 0.3 is 12.1 Å². The molecule has 0 radical (unpaired) electrons. The molecule has 42 heavy (non-hydrogen) atoms. The largest absolute Gasteiger partial charge is 0.480 e. The Balaban J connectivity index is 1.21. The molecular formula is C33H38N4O5. The molecule has 1 aliphatic carbocycles. The van der Waals surface area contributed by atoms with Crippen LogP contribution in [0.1, 0.15) is 35.4 Å². The lowest BCUT2D eigenvalue weighted by Gasteiger charge is -2.40. The molecular weight excluding hydrogens is 532 g/mol. The Morgan fingerprint density at radius 1 is 0.929 bits per heavy atom. The van der Waals surface area contributed by atoms with Crippen LogP contribution >= 0.6 is 0 Å². The van der Waals surface area contributed by atoms with Crippen LogP contribution in [0, 0.1) is 0 Å². The molecule has 0 aromatic heterocycles. The summed E-state index contributed by atoms with van der Waals surface area (Å²) < 4.78 is 5.66. The van der Waals surface area contributed by atoms with Crippen molar-refractivity contribution in [1.29, 1.82) is 0 Å². The van der Waals surface area contributed by atoms with Crippen molar-refractivity contribution < 1.29 is 24.2 Å². The molecule has 9 nitrogen and oxygen atoms in total. The number of fused-ring (bicyclic) bond motifs is 3. The van der Waals surface area contributed by atoms with Gasteiger partial charge in [0.2, 0.25) is 5.91 Å². The summed E-state index contributed by atoms with van der Waals surface area (Å²) >= 11 is 0. The highest BCUT2D eigenvalue weighted by Crippen LogP contribution is 2.44. The van der Waals surface area contributed by atoms with Crippen LogP contribution in [0.3, 0.4) is 0 Å². The summed E-state index contributed by atoms with van der Waals surface area (Å²) in [6, 6.07) is 25.2. The minimum atomic E-state index is -1.41. The molecule has 220 valence electrons. The first kappa shape index (κ1) is 29.3. The van der Waals surface area contributed by atoms with Crippen LogP contribution in [-0.2, 0) is 20.9 Å².